The van der Waals surface area contributed by atoms with Gasteiger partial charge >= 0.3 is 5.97 Å². The van der Waals surface area contributed by atoms with E-state index in [9.17, 15) is 4.79 Å². The summed E-state index contributed by atoms with van der Waals surface area (Å²) in [5.74, 6) is 0.433. The van der Waals surface area contributed by atoms with Crippen LogP contribution >= 0.6 is 0 Å². The molecule has 1 saturated carbocycles. The van der Waals surface area contributed by atoms with Gasteiger partial charge in [0.1, 0.15) is 6.10 Å². The fraction of sp³-hybridized carbons (Fsp3) is 0.667. The van der Waals surface area contributed by atoms with Gasteiger partial charge in [-0.2, -0.15) is 0 Å². The second-order valence-corrected chi connectivity index (χ2v) is 10.7. The second kappa shape index (κ2) is 8.27. The molecular weight excluding hydrogens is 384 g/mol. The largest absolute Gasteiger partial charge is 0.462 e. The van der Waals surface area contributed by atoms with E-state index in [2.05, 4.69) is 61.6 Å². The predicted molar refractivity (Wildman–Crippen MR) is 125 cm³/mol. The van der Waals surface area contributed by atoms with Crippen LogP contribution in [0.15, 0.2) is 24.4 Å². The molecule has 3 atom stereocenters. The lowest BCUT2D eigenvalue weighted by Crippen LogP contribution is -2.54. The second-order valence-electron chi connectivity index (χ2n) is 10.7. The standard InChI is InChI=1S/C27H38N2O2/c1-17(2)28-15-19-14-25-23(22-11-8-12-24(28)26(19)22)13-20(16-29(25)18(3)4)27(30)31-21-9-6-5-7-10-21/h8,11-12,15,17-18,20-21,23,25H,5-7,9-10,13-14,16H2,1-4H3/t20-,23?,25?/m1/s1. The summed E-state index contributed by atoms with van der Waals surface area (Å²) in [6.45, 7) is 9.92. The molecule has 0 bridgehead atoms. The molecule has 1 saturated heterocycles. The van der Waals surface area contributed by atoms with Gasteiger partial charge in [-0.05, 0) is 83.4 Å². The first-order valence-electron chi connectivity index (χ1n) is 12.5. The number of benzene rings is 1. The van der Waals surface area contributed by atoms with E-state index in [1.54, 1.807) is 0 Å². The maximum absolute atomic E-state index is 13.2. The third-order valence-corrected chi connectivity index (χ3v) is 8.05. The molecular formula is C27H38N2O2. The molecule has 4 heteroatoms. The van der Waals surface area contributed by atoms with Crippen LogP contribution in [0.2, 0.25) is 0 Å². The number of carbonyl (C=O) groups is 1. The Morgan fingerprint density at radius 3 is 2.55 bits per heavy atom. The van der Waals surface area contributed by atoms with Crippen LogP contribution in [0, 0.1) is 5.92 Å². The Balaban J connectivity index is 1.47. The van der Waals surface area contributed by atoms with Gasteiger partial charge < -0.3 is 9.30 Å². The summed E-state index contributed by atoms with van der Waals surface area (Å²) in [4.78, 5) is 15.8. The van der Waals surface area contributed by atoms with Crippen LogP contribution in [0.3, 0.4) is 0 Å². The smallest absolute Gasteiger partial charge is 0.310 e. The number of hydrogen-bond donors (Lipinski definition) is 0. The summed E-state index contributed by atoms with van der Waals surface area (Å²) in [6.07, 6.45) is 10.3. The Morgan fingerprint density at radius 2 is 1.84 bits per heavy atom. The van der Waals surface area contributed by atoms with Crippen LogP contribution in [0.4, 0.5) is 0 Å². The number of fused-ring (bicyclic) bond motifs is 2. The summed E-state index contributed by atoms with van der Waals surface area (Å²) in [7, 11) is 0. The summed E-state index contributed by atoms with van der Waals surface area (Å²) >= 11 is 0. The number of aromatic nitrogens is 1. The zero-order chi connectivity index (χ0) is 21.7. The molecule has 2 aromatic rings. The van der Waals surface area contributed by atoms with Crippen molar-refractivity contribution in [3.05, 3.63) is 35.5 Å². The van der Waals surface area contributed by atoms with E-state index in [4.69, 9.17) is 4.74 Å². The third kappa shape index (κ3) is 3.71. The Hall–Kier alpha value is -1.81. The van der Waals surface area contributed by atoms with Gasteiger partial charge in [0.2, 0.25) is 0 Å². The van der Waals surface area contributed by atoms with Crippen molar-refractivity contribution in [3.8, 4) is 0 Å². The predicted octanol–water partition coefficient (Wildman–Crippen LogP) is 5.84. The molecule has 2 heterocycles. The first kappa shape index (κ1) is 21.1. The maximum Gasteiger partial charge on any atom is 0.310 e. The molecule has 5 rings (SSSR count). The summed E-state index contributed by atoms with van der Waals surface area (Å²) < 4.78 is 8.48. The molecule has 1 aromatic carbocycles. The van der Waals surface area contributed by atoms with Gasteiger partial charge in [0, 0.05) is 47.7 Å². The topological polar surface area (TPSA) is 34.5 Å². The van der Waals surface area contributed by atoms with Gasteiger partial charge in [0.25, 0.3) is 0 Å². The zero-order valence-electron chi connectivity index (χ0n) is 19.6. The van der Waals surface area contributed by atoms with Crippen molar-refractivity contribution in [1.29, 1.82) is 0 Å². The van der Waals surface area contributed by atoms with Crippen LogP contribution in [-0.2, 0) is 16.0 Å². The molecule has 0 N–H and O–H groups in total. The number of likely N-dealkylation sites (tertiary alicyclic amines) is 1. The summed E-state index contributed by atoms with van der Waals surface area (Å²) in [5.41, 5.74) is 4.28. The number of ether oxygens (including phenoxy) is 1. The number of piperidine rings is 1. The van der Waals surface area contributed by atoms with Gasteiger partial charge in [-0.3, -0.25) is 9.69 Å². The number of rotatable bonds is 4. The third-order valence-electron chi connectivity index (χ3n) is 8.05. The molecule has 0 spiro atoms. The first-order chi connectivity index (χ1) is 14.9. The molecule has 1 aliphatic heterocycles. The fourth-order valence-corrected chi connectivity index (χ4v) is 6.50. The van der Waals surface area contributed by atoms with Gasteiger partial charge in [-0.1, -0.05) is 18.6 Å². The van der Waals surface area contributed by atoms with Crippen LogP contribution in [0.1, 0.15) is 89.3 Å². The average Bonchev–Trinajstić information content (AvgIpc) is 3.14. The highest BCUT2D eigenvalue weighted by molar-refractivity contribution is 5.89. The molecule has 4 nitrogen and oxygen atoms in total. The van der Waals surface area contributed by atoms with Crippen LogP contribution in [0.25, 0.3) is 10.9 Å². The van der Waals surface area contributed by atoms with Crippen LogP contribution in [-0.4, -0.2) is 40.2 Å². The minimum atomic E-state index is -0.0189. The quantitative estimate of drug-likeness (QED) is 0.581. The van der Waals surface area contributed by atoms with E-state index in [1.165, 1.54) is 41.3 Å². The van der Waals surface area contributed by atoms with Gasteiger partial charge in [-0.25, -0.2) is 0 Å². The number of carbonyl (C=O) groups excluding carboxylic acids is 1. The van der Waals surface area contributed by atoms with Crippen LogP contribution in [0.5, 0.6) is 0 Å². The number of nitrogens with zero attached hydrogens (tertiary/aromatic N) is 2. The number of hydrogen-bond acceptors (Lipinski definition) is 3. The minimum Gasteiger partial charge on any atom is -0.462 e. The molecule has 31 heavy (non-hydrogen) atoms. The van der Waals surface area contributed by atoms with Crippen molar-refractivity contribution >= 4 is 16.9 Å². The highest BCUT2D eigenvalue weighted by atomic mass is 16.5. The summed E-state index contributed by atoms with van der Waals surface area (Å²) in [5, 5.41) is 1.45. The molecule has 2 fully saturated rings. The lowest BCUT2D eigenvalue weighted by Gasteiger charge is -2.48. The molecule has 1 aromatic heterocycles. The molecule has 168 valence electrons. The maximum atomic E-state index is 13.2. The molecule has 3 aliphatic rings. The normalized spacial score (nSPS) is 27.1. The lowest BCUT2D eigenvalue weighted by atomic mass is 9.72. The monoisotopic (exact) mass is 422 g/mol. The molecule has 0 amide bonds. The SMILES string of the molecule is CC(C)N1C[C@H](C(=O)OC2CCCCC2)CC2c3cccc4c3c(cn4C(C)C)CC21. The first-order valence-corrected chi connectivity index (χ1v) is 12.5. The van der Waals surface area contributed by atoms with E-state index < -0.39 is 0 Å². The highest BCUT2D eigenvalue weighted by Crippen LogP contribution is 2.46. The minimum absolute atomic E-state index is 0.0189. The van der Waals surface area contributed by atoms with E-state index in [0.29, 0.717) is 24.0 Å². The van der Waals surface area contributed by atoms with Crippen molar-refractivity contribution in [3.63, 3.8) is 0 Å². The average molecular weight is 423 g/mol. The van der Waals surface area contributed by atoms with E-state index in [0.717, 1.165) is 32.2 Å². The summed E-state index contributed by atoms with van der Waals surface area (Å²) in [6, 6.07) is 8.14. The fourth-order valence-electron chi connectivity index (χ4n) is 6.50. The van der Waals surface area contributed by atoms with Crippen molar-refractivity contribution in [1.82, 2.24) is 9.47 Å². The van der Waals surface area contributed by atoms with Gasteiger partial charge in [0.15, 0.2) is 0 Å². The highest BCUT2D eigenvalue weighted by Gasteiger charge is 2.44. The molecule has 0 radical (unpaired) electrons. The molecule has 2 aliphatic carbocycles. The Bertz CT molecular complexity index is 954. The van der Waals surface area contributed by atoms with Gasteiger partial charge in [-0.15, -0.1) is 0 Å². The van der Waals surface area contributed by atoms with E-state index in [-0.39, 0.29) is 18.0 Å². The number of esters is 1. The molecule has 2 unspecified atom stereocenters. The Morgan fingerprint density at radius 1 is 1.06 bits per heavy atom. The zero-order valence-corrected chi connectivity index (χ0v) is 19.6. The van der Waals surface area contributed by atoms with Crippen molar-refractivity contribution in [2.24, 2.45) is 5.92 Å². The Labute approximate surface area is 186 Å². The van der Waals surface area contributed by atoms with Gasteiger partial charge in [0.05, 0.1) is 5.92 Å². The van der Waals surface area contributed by atoms with E-state index >= 15 is 0 Å². The van der Waals surface area contributed by atoms with Crippen molar-refractivity contribution < 1.29 is 9.53 Å². The van der Waals surface area contributed by atoms with Crippen molar-refractivity contribution in [2.45, 2.75) is 103 Å². The lowest BCUT2D eigenvalue weighted by molar-refractivity contribution is -0.159. The van der Waals surface area contributed by atoms with E-state index in [1.807, 2.05) is 0 Å². The Kier molecular flexibility index (Phi) is 5.62. The van der Waals surface area contributed by atoms with Crippen LogP contribution < -0.4 is 0 Å². The van der Waals surface area contributed by atoms with Crippen molar-refractivity contribution in [2.75, 3.05) is 6.54 Å².